The topological polar surface area (TPSA) is 44.4 Å². The molecule has 4 aromatic carbocycles. The third kappa shape index (κ3) is 5.35. The van der Waals surface area contributed by atoms with Gasteiger partial charge in [-0.3, -0.25) is 0 Å². The van der Waals surface area contributed by atoms with Gasteiger partial charge in [0.25, 0.3) is 0 Å². The molecule has 216 valence electrons. The monoisotopic (exact) mass is 575 g/mol. The first-order valence-electron chi connectivity index (χ1n) is 15.3. The summed E-state index contributed by atoms with van der Waals surface area (Å²) < 4.78 is 1.85. The van der Waals surface area contributed by atoms with E-state index < -0.39 is 5.97 Å². The summed E-state index contributed by atoms with van der Waals surface area (Å²) >= 11 is 0. The summed E-state index contributed by atoms with van der Waals surface area (Å²) in [7, 11) is 1.88. The molecule has 1 saturated carbocycles. The van der Waals surface area contributed by atoms with E-state index in [-0.39, 0.29) is 5.56 Å². The van der Waals surface area contributed by atoms with Gasteiger partial charge in [0.2, 0.25) is 5.69 Å². The molecule has 1 fully saturated rings. The smallest absolute Gasteiger partial charge is 0.341 e. The first-order valence-corrected chi connectivity index (χ1v) is 15.3. The second-order valence-electron chi connectivity index (χ2n) is 11.8. The highest BCUT2D eigenvalue weighted by Gasteiger charge is 2.42. The average molecular weight is 576 g/mol. The molecule has 1 aliphatic carbocycles. The number of aromatic carboxylic acids is 1. The molecule has 4 nitrogen and oxygen atoms in total. The number of hydrogen-bond donors (Lipinski definition) is 1. The molecule has 0 radical (unpaired) electrons. The minimum Gasteiger partial charge on any atom is -0.477 e. The number of carbonyl (C=O) groups is 1. The second-order valence-corrected chi connectivity index (χ2v) is 11.8. The summed E-state index contributed by atoms with van der Waals surface area (Å²) in [5.41, 5.74) is 11.2. The number of aryl methyl sites for hydroxylation is 1. The van der Waals surface area contributed by atoms with Crippen LogP contribution in [0.15, 0.2) is 121 Å². The molecule has 0 spiro atoms. The molecule has 0 amide bonds. The van der Waals surface area contributed by atoms with Crippen molar-refractivity contribution in [2.45, 2.75) is 31.2 Å². The summed E-state index contributed by atoms with van der Waals surface area (Å²) in [4.78, 5) is 13.9. The summed E-state index contributed by atoms with van der Waals surface area (Å²) in [5, 5.41) is 9.27. The zero-order chi connectivity index (χ0) is 30.0. The van der Waals surface area contributed by atoms with Gasteiger partial charge in [0.1, 0.15) is 12.6 Å². The Morgan fingerprint density at radius 1 is 0.773 bits per heavy atom. The Bertz CT molecular complexity index is 1830. The van der Waals surface area contributed by atoms with Crippen molar-refractivity contribution in [1.82, 2.24) is 0 Å². The molecule has 4 heteroatoms. The maximum Gasteiger partial charge on any atom is 0.341 e. The lowest BCUT2D eigenvalue weighted by molar-refractivity contribution is -0.673. The lowest BCUT2D eigenvalue weighted by Gasteiger charge is -2.27. The molecule has 7 rings (SSSR count). The Hall–Kier alpha value is -5.22. The number of carboxylic acids is 1. The molecular formula is C40H35N2O2+. The number of benzene rings is 4. The van der Waals surface area contributed by atoms with Crippen LogP contribution in [-0.2, 0) is 7.05 Å². The van der Waals surface area contributed by atoms with Crippen LogP contribution in [0.5, 0.6) is 0 Å². The van der Waals surface area contributed by atoms with E-state index in [0.717, 1.165) is 11.3 Å². The van der Waals surface area contributed by atoms with Crippen molar-refractivity contribution in [2.75, 3.05) is 4.90 Å². The fourth-order valence-corrected chi connectivity index (χ4v) is 6.88. The lowest BCUT2D eigenvalue weighted by atomic mass is 9.95. The van der Waals surface area contributed by atoms with Crippen LogP contribution in [0.3, 0.4) is 0 Å². The van der Waals surface area contributed by atoms with E-state index in [1.165, 1.54) is 58.5 Å². The third-order valence-electron chi connectivity index (χ3n) is 9.04. The number of carboxylic acid groups (broad SMARTS) is 1. The molecule has 44 heavy (non-hydrogen) atoms. The number of nitrogens with zero attached hydrogens (tertiary/aromatic N) is 2. The molecule has 1 aromatic heterocycles. The van der Waals surface area contributed by atoms with Crippen molar-refractivity contribution in [3.8, 4) is 0 Å². The number of rotatable bonds is 7. The number of pyridine rings is 1. The van der Waals surface area contributed by atoms with E-state index in [9.17, 15) is 9.90 Å². The maximum absolute atomic E-state index is 11.3. The highest BCUT2D eigenvalue weighted by molar-refractivity contribution is 5.91. The zero-order valence-electron chi connectivity index (χ0n) is 24.8. The summed E-state index contributed by atoms with van der Waals surface area (Å²) in [6.45, 7) is 0. The van der Waals surface area contributed by atoms with Gasteiger partial charge in [-0.05, 0) is 88.7 Å². The van der Waals surface area contributed by atoms with E-state index in [4.69, 9.17) is 0 Å². The Labute approximate surface area is 258 Å². The fourth-order valence-electron chi connectivity index (χ4n) is 6.88. The molecule has 1 N–H and O–H groups in total. The molecule has 0 saturated heterocycles. The first kappa shape index (κ1) is 27.6. The second kappa shape index (κ2) is 11.8. The van der Waals surface area contributed by atoms with E-state index in [2.05, 4.69) is 126 Å². The Balaban J connectivity index is 1.18. The van der Waals surface area contributed by atoms with Gasteiger partial charge in [0.05, 0.1) is 0 Å². The third-order valence-corrected chi connectivity index (χ3v) is 9.04. The number of hydrogen-bond acceptors (Lipinski definition) is 2. The van der Waals surface area contributed by atoms with Crippen molar-refractivity contribution in [1.29, 1.82) is 0 Å². The summed E-state index contributed by atoms with van der Waals surface area (Å²) in [5.74, 6) is -0.382. The van der Waals surface area contributed by atoms with Crippen molar-refractivity contribution >= 4 is 41.1 Å². The van der Waals surface area contributed by atoms with Gasteiger partial charge >= 0.3 is 5.97 Å². The van der Waals surface area contributed by atoms with Gasteiger partial charge < -0.3 is 10.0 Å². The predicted molar refractivity (Wildman–Crippen MR) is 179 cm³/mol. The number of anilines is 2. The van der Waals surface area contributed by atoms with Gasteiger partial charge in [-0.15, -0.1) is 0 Å². The fraction of sp³-hybridized carbons (Fsp3) is 0.150. The van der Waals surface area contributed by atoms with Gasteiger partial charge in [0.15, 0.2) is 6.20 Å². The lowest BCUT2D eigenvalue weighted by Crippen LogP contribution is -2.32. The van der Waals surface area contributed by atoms with Crippen molar-refractivity contribution < 1.29 is 14.5 Å². The quantitative estimate of drug-likeness (QED) is 0.156. The normalized spacial score (nSPS) is 17.0. The van der Waals surface area contributed by atoms with Crippen LogP contribution < -0.4 is 9.47 Å². The van der Waals surface area contributed by atoms with Crippen molar-refractivity contribution in [3.63, 3.8) is 0 Å². The molecule has 2 heterocycles. The van der Waals surface area contributed by atoms with Gasteiger partial charge in [-0.25, -0.2) is 9.36 Å². The first-order chi connectivity index (χ1) is 21.5. The van der Waals surface area contributed by atoms with E-state index in [0.29, 0.717) is 12.0 Å². The van der Waals surface area contributed by atoms with Crippen molar-refractivity contribution in [3.05, 3.63) is 161 Å². The molecule has 0 bridgehead atoms. The molecule has 2 atom stereocenters. The van der Waals surface area contributed by atoms with Crippen LogP contribution in [0.1, 0.15) is 69.0 Å². The summed E-state index contributed by atoms with van der Waals surface area (Å²) in [6, 6.07) is 41.0. The highest BCUT2D eigenvalue weighted by Crippen LogP contribution is 2.52. The average Bonchev–Trinajstić information content (AvgIpc) is 3.65. The summed E-state index contributed by atoms with van der Waals surface area (Å²) in [6.07, 6.45) is 11.8. The molecule has 2 aliphatic rings. The van der Waals surface area contributed by atoms with Gasteiger partial charge in [-0.2, -0.15) is 0 Å². The van der Waals surface area contributed by atoms with Crippen molar-refractivity contribution in [2.24, 2.45) is 7.05 Å². The van der Waals surface area contributed by atoms with Crippen LogP contribution in [0, 0.1) is 0 Å². The number of aromatic nitrogens is 1. The van der Waals surface area contributed by atoms with E-state index in [1.54, 1.807) is 12.3 Å². The Kier molecular flexibility index (Phi) is 7.41. The molecule has 5 aromatic rings. The Morgan fingerprint density at radius 3 is 2.11 bits per heavy atom. The van der Waals surface area contributed by atoms with Crippen LogP contribution in [0.4, 0.5) is 11.4 Å². The predicted octanol–water partition coefficient (Wildman–Crippen LogP) is 8.76. The maximum atomic E-state index is 11.3. The molecule has 2 unspecified atom stereocenters. The van der Waals surface area contributed by atoms with Crippen LogP contribution in [-0.4, -0.2) is 17.1 Å². The largest absolute Gasteiger partial charge is 0.477 e. The standard InChI is InChI=1S/C40H34N2O2/c1-41-27-32(40(43)44)19-23-33(41)20-15-29-18-24-39-37(26-29)35-13-8-14-38(35)42(39)34-21-16-28(17-22-34)25-36(30-9-4-2-5-10-30)31-11-6-3-7-12-31/h2-7,9-12,15-27,35,38H,8,13-14H2,1H3/p+1. The van der Waals surface area contributed by atoms with Gasteiger partial charge in [-0.1, -0.05) is 85.3 Å². The molecular weight excluding hydrogens is 540 g/mol. The van der Waals surface area contributed by atoms with Crippen LogP contribution >= 0.6 is 0 Å². The minimum absolute atomic E-state index is 0.284. The van der Waals surface area contributed by atoms with Crippen LogP contribution in [0.2, 0.25) is 0 Å². The van der Waals surface area contributed by atoms with Crippen LogP contribution in [0.25, 0.3) is 23.8 Å². The van der Waals surface area contributed by atoms with E-state index in [1.807, 2.05) is 17.7 Å². The molecule has 1 aliphatic heterocycles. The number of fused-ring (bicyclic) bond motifs is 3. The van der Waals surface area contributed by atoms with Gasteiger partial charge in [0, 0.05) is 35.5 Å². The Morgan fingerprint density at radius 2 is 1.45 bits per heavy atom. The SMILES string of the molecule is C[n+]1cc(C(=O)O)ccc1C=Cc1ccc2c(c1)C1CCCC1N2c1ccc(C=C(c2ccccc2)c2ccccc2)cc1. The minimum atomic E-state index is -0.916. The zero-order valence-corrected chi connectivity index (χ0v) is 24.8. The van der Waals surface area contributed by atoms with E-state index >= 15 is 0 Å². The highest BCUT2D eigenvalue weighted by atomic mass is 16.4.